The van der Waals surface area contributed by atoms with E-state index in [0.717, 1.165) is 28.1 Å². The zero-order valence-electron chi connectivity index (χ0n) is 17.5. The molecule has 2 heterocycles. The van der Waals surface area contributed by atoms with E-state index in [0.29, 0.717) is 28.6 Å². The number of nitrogens with zero attached hydrogens (tertiary/aromatic N) is 2. The van der Waals surface area contributed by atoms with E-state index >= 15 is 0 Å². The smallest absolute Gasteiger partial charge is 0.244 e. The number of nitrogens with one attached hydrogen (secondary N) is 1. The number of aromatic nitrogens is 2. The van der Waals surface area contributed by atoms with Crippen molar-refractivity contribution in [1.29, 1.82) is 5.26 Å². The van der Waals surface area contributed by atoms with Crippen LogP contribution in [-0.4, -0.2) is 10.2 Å². The van der Waals surface area contributed by atoms with Crippen LogP contribution in [0.4, 0.5) is 0 Å². The molecular weight excluding hydrogens is 436 g/mol. The van der Waals surface area contributed by atoms with Crippen LogP contribution in [0.3, 0.4) is 0 Å². The highest BCUT2D eigenvalue weighted by molar-refractivity contribution is 6.31. The number of ether oxygens (including phenoxy) is 2. The lowest BCUT2D eigenvalue weighted by atomic mass is 9.83. The summed E-state index contributed by atoms with van der Waals surface area (Å²) in [7, 11) is 0. The highest BCUT2D eigenvalue weighted by Crippen LogP contribution is 2.47. The van der Waals surface area contributed by atoms with Gasteiger partial charge in [0, 0.05) is 10.6 Å². The van der Waals surface area contributed by atoms with E-state index in [-0.39, 0.29) is 5.88 Å². The van der Waals surface area contributed by atoms with Crippen LogP contribution in [0.25, 0.3) is 11.3 Å². The summed E-state index contributed by atoms with van der Waals surface area (Å²) in [5.41, 5.74) is 10.5. The first-order chi connectivity index (χ1) is 16.2. The van der Waals surface area contributed by atoms with Gasteiger partial charge in [0.2, 0.25) is 11.8 Å². The van der Waals surface area contributed by atoms with E-state index in [9.17, 15) is 5.26 Å². The molecule has 6 nitrogen and oxygen atoms in total. The standard InChI is InChI=1S/C26H19ClN4O2/c27-21-9-5-4-8-19(21)22-20(14-28)25(29)33-26-23(22)24(30-31-26)17-10-12-18(13-11-17)32-15-16-6-2-1-3-7-16/h1-13,22H,15,29H2,(H,30,31)/t22-/m0/s1. The van der Waals surface area contributed by atoms with Gasteiger partial charge in [-0.2, -0.15) is 5.26 Å². The molecule has 0 amide bonds. The molecule has 1 atom stereocenters. The predicted molar refractivity (Wildman–Crippen MR) is 126 cm³/mol. The molecule has 0 radical (unpaired) electrons. The number of benzene rings is 3. The van der Waals surface area contributed by atoms with Crippen molar-refractivity contribution in [2.75, 3.05) is 0 Å². The summed E-state index contributed by atoms with van der Waals surface area (Å²) in [5.74, 6) is 0.598. The molecule has 0 saturated carbocycles. The molecule has 4 aromatic rings. The second-order valence-corrected chi connectivity index (χ2v) is 7.97. The number of aromatic amines is 1. The van der Waals surface area contributed by atoms with Gasteiger partial charge < -0.3 is 15.2 Å². The molecule has 1 aliphatic heterocycles. The van der Waals surface area contributed by atoms with Crippen LogP contribution >= 0.6 is 11.6 Å². The molecule has 0 fully saturated rings. The first-order valence-electron chi connectivity index (χ1n) is 10.3. The van der Waals surface area contributed by atoms with E-state index in [4.69, 9.17) is 26.8 Å². The van der Waals surface area contributed by atoms with E-state index < -0.39 is 5.92 Å². The fourth-order valence-corrected chi connectivity index (χ4v) is 4.19. The van der Waals surface area contributed by atoms with Gasteiger partial charge in [-0.05, 0) is 41.5 Å². The van der Waals surface area contributed by atoms with E-state index in [1.54, 1.807) is 6.07 Å². The van der Waals surface area contributed by atoms with Gasteiger partial charge in [-0.15, -0.1) is 5.10 Å². The van der Waals surface area contributed by atoms with Gasteiger partial charge in [0.25, 0.3) is 0 Å². The fraction of sp³-hybridized carbons (Fsp3) is 0.0769. The Morgan fingerprint density at radius 2 is 1.76 bits per heavy atom. The molecule has 0 spiro atoms. The van der Waals surface area contributed by atoms with E-state index in [1.165, 1.54) is 0 Å². The third kappa shape index (κ3) is 3.91. The molecule has 1 aliphatic rings. The average Bonchev–Trinajstić information content (AvgIpc) is 3.26. The SMILES string of the molecule is N#CC1=C(N)Oc2n[nH]c(-c3ccc(OCc4ccccc4)cc3)c2[C@H]1c1ccccc1Cl. The van der Waals surface area contributed by atoms with Crippen molar-refractivity contribution in [2.45, 2.75) is 12.5 Å². The van der Waals surface area contributed by atoms with Crippen molar-refractivity contribution in [3.63, 3.8) is 0 Å². The summed E-state index contributed by atoms with van der Waals surface area (Å²) < 4.78 is 11.6. The Morgan fingerprint density at radius 1 is 1.03 bits per heavy atom. The zero-order chi connectivity index (χ0) is 22.8. The molecule has 7 heteroatoms. The molecule has 33 heavy (non-hydrogen) atoms. The van der Waals surface area contributed by atoms with Crippen LogP contribution in [0.5, 0.6) is 11.6 Å². The van der Waals surface area contributed by atoms with Crippen molar-refractivity contribution in [3.05, 3.63) is 112 Å². The van der Waals surface area contributed by atoms with Crippen molar-refractivity contribution in [3.8, 4) is 29.0 Å². The number of fused-ring (bicyclic) bond motifs is 1. The summed E-state index contributed by atoms with van der Waals surface area (Å²) in [5, 5.41) is 17.7. The van der Waals surface area contributed by atoms with Gasteiger partial charge in [-0.25, -0.2) is 0 Å². The summed E-state index contributed by atoms with van der Waals surface area (Å²) in [6.07, 6.45) is 0. The lowest BCUT2D eigenvalue weighted by molar-refractivity contribution is 0.306. The van der Waals surface area contributed by atoms with Gasteiger partial charge in [-0.3, -0.25) is 5.10 Å². The van der Waals surface area contributed by atoms with Gasteiger partial charge in [0.1, 0.15) is 24.0 Å². The minimum absolute atomic E-state index is 0.0256. The Kier molecular flexibility index (Phi) is 5.47. The number of halogens is 1. The van der Waals surface area contributed by atoms with Crippen LogP contribution in [-0.2, 0) is 6.61 Å². The molecule has 162 valence electrons. The number of H-pyrrole nitrogens is 1. The minimum atomic E-state index is -0.504. The van der Waals surface area contributed by atoms with Crippen molar-refractivity contribution in [1.82, 2.24) is 10.2 Å². The third-order valence-electron chi connectivity index (χ3n) is 5.55. The second-order valence-electron chi connectivity index (χ2n) is 7.56. The number of hydrogen-bond acceptors (Lipinski definition) is 5. The molecule has 0 saturated heterocycles. The summed E-state index contributed by atoms with van der Waals surface area (Å²) in [6, 6.07) is 27.2. The second kappa shape index (κ2) is 8.73. The zero-order valence-corrected chi connectivity index (χ0v) is 18.2. The van der Waals surface area contributed by atoms with Gasteiger partial charge in [-0.1, -0.05) is 60.1 Å². The number of rotatable bonds is 5. The summed E-state index contributed by atoms with van der Waals surface area (Å²) in [4.78, 5) is 0. The van der Waals surface area contributed by atoms with Crippen LogP contribution in [0, 0.1) is 11.3 Å². The molecule has 3 aromatic carbocycles. The van der Waals surface area contributed by atoms with Crippen molar-refractivity contribution < 1.29 is 9.47 Å². The number of nitriles is 1. The minimum Gasteiger partial charge on any atom is -0.489 e. The van der Waals surface area contributed by atoms with Crippen LogP contribution in [0.1, 0.15) is 22.6 Å². The Labute approximate surface area is 195 Å². The summed E-state index contributed by atoms with van der Waals surface area (Å²) >= 11 is 6.50. The van der Waals surface area contributed by atoms with Gasteiger partial charge >= 0.3 is 0 Å². The first-order valence-corrected chi connectivity index (χ1v) is 10.7. The molecule has 3 N–H and O–H groups in total. The molecule has 1 aromatic heterocycles. The average molecular weight is 455 g/mol. The quantitative estimate of drug-likeness (QED) is 0.413. The Morgan fingerprint density at radius 3 is 2.48 bits per heavy atom. The van der Waals surface area contributed by atoms with Gasteiger partial charge in [0.05, 0.1) is 17.2 Å². The Balaban J connectivity index is 1.50. The lowest BCUT2D eigenvalue weighted by Gasteiger charge is -2.24. The normalized spacial score (nSPS) is 14.8. The Hall–Kier alpha value is -4.21. The summed E-state index contributed by atoms with van der Waals surface area (Å²) in [6.45, 7) is 0.484. The molecular formula is C26H19ClN4O2. The van der Waals surface area contributed by atoms with Crippen LogP contribution < -0.4 is 15.2 Å². The highest BCUT2D eigenvalue weighted by Gasteiger charge is 2.36. The first kappa shape index (κ1) is 20.7. The topological polar surface area (TPSA) is 97.0 Å². The maximum absolute atomic E-state index is 9.84. The number of nitrogens with two attached hydrogens (primary N) is 1. The van der Waals surface area contributed by atoms with Crippen molar-refractivity contribution >= 4 is 11.6 Å². The molecule has 0 bridgehead atoms. The predicted octanol–water partition coefficient (Wildman–Crippen LogP) is 5.53. The van der Waals surface area contributed by atoms with Gasteiger partial charge in [0.15, 0.2) is 0 Å². The maximum Gasteiger partial charge on any atom is 0.244 e. The third-order valence-corrected chi connectivity index (χ3v) is 5.89. The maximum atomic E-state index is 9.84. The lowest BCUT2D eigenvalue weighted by Crippen LogP contribution is -2.21. The molecule has 5 rings (SSSR count). The van der Waals surface area contributed by atoms with Crippen LogP contribution in [0.2, 0.25) is 5.02 Å². The fourth-order valence-electron chi connectivity index (χ4n) is 3.94. The Bertz CT molecular complexity index is 1370. The van der Waals surface area contributed by atoms with E-state index in [2.05, 4.69) is 16.3 Å². The number of allylic oxidation sites excluding steroid dienone is 1. The number of hydrogen-bond donors (Lipinski definition) is 2. The molecule has 0 unspecified atom stereocenters. The monoisotopic (exact) mass is 454 g/mol. The highest BCUT2D eigenvalue weighted by atomic mass is 35.5. The van der Waals surface area contributed by atoms with Crippen molar-refractivity contribution in [2.24, 2.45) is 5.73 Å². The van der Waals surface area contributed by atoms with Crippen LogP contribution in [0.15, 0.2) is 90.3 Å². The largest absolute Gasteiger partial charge is 0.489 e. The molecule has 0 aliphatic carbocycles. The van der Waals surface area contributed by atoms with E-state index in [1.807, 2.05) is 72.8 Å².